The number of rotatable bonds is 3. The van der Waals surface area contributed by atoms with Crippen LogP contribution in [-0.2, 0) is 10.5 Å². The van der Waals surface area contributed by atoms with Crippen molar-refractivity contribution in [2.24, 2.45) is 0 Å². The van der Waals surface area contributed by atoms with Gasteiger partial charge in [-0.25, -0.2) is 4.98 Å². The first-order chi connectivity index (χ1) is 8.44. The highest BCUT2D eigenvalue weighted by Crippen LogP contribution is 2.21. The summed E-state index contributed by atoms with van der Waals surface area (Å²) < 4.78 is 37.1. The molecule has 1 heterocycles. The summed E-state index contributed by atoms with van der Waals surface area (Å²) in [4.78, 5) is 17.4. The first-order valence-corrected chi connectivity index (χ1v) is 6.05. The maximum absolute atomic E-state index is 12.3. The van der Waals surface area contributed by atoms with E-state index in [1.807, 2.05) is 0 Å². The van der Waals surface area contributed by atoms with Gasteiger partial charge in [0.1, 0.15) is 11.6 Å². The summed E-state index contributed by atoms with van der Waals surface area (Å²) in [7, 11) is -5.08. The zero-order chi connectivity index (χ0) is 13.2. The standard InChI is InChI=1S/C10H7FN2O4S/c11-18(15,16)17-8-3-1-2-7(6-8)10-12-5-4-9(14)13-10/h1-6H,(H,12,13,14). The van der Waals surface area contributed by atoms with Crippen molar-refractivity contribution in [3.05, 3.63) is 46.9 Å². The Morgan fingerprint density at radius 2 is 2.06 bits per heavy atom. The number of hydrogen-bond acceptors (Lipinski definition) is 5. The van der Waals surface area contributed by atoms with Crippen molar-refractivity contribution in [3.63, 3.8) is 0 Å². The van der Waals surface area contributed by atoms with Gasteiger partial charge in [0.2, 0.25) is 0 Å². The van der Waals surface area contributed by atoms with Crippen LogP contribution in [0.3, 0.4) is 0 Å². The van der Waals surface area contributed by atoms with E-state index >= 15 is 0 Å². The Labute approximate surface area is 101 Å². The second-order valence-corrected chi connectivity index (χ2v) is 4.24. The predicted octanol–water partition coefficient (Wildman–Crippen LogP) is 1.03. The fourth-order valence-electron chi connectivity index (χ4n) is 1.33. The third-order valence-electron chi connectivity index (χ3n) is 1.97. The van der Waals surface area contributed by atoms with E-state index in [1.54, 1.807) is 6.07 Å². The average Bonchev–Trinajstić information content (AvgIpc) is 2.27. The van der Waals surface area contributed by atoms with Gasteiger partial charge in [-0.1, -0.05) is 16.0 Å². The monoisotopic (exact) mass is 270 g/mol. The Kier molecular flexibility index (Phi) is 3.11. The molecular weight excluding hydrogens is 263 g/mol. The normalized spacial score (nSPS) is 11.2. The van der Waals surface area contributed by atoms with Gasteiger partial charge in [0.05, 0.1) is 0 Å². The van der Waals surface area contributed by atoms with Crippen LogP contribution >= 0.6 is 0 Å². The van der Waals surface area contributed by atoms with Crippen LogP contribution in [0.1, 0.15) is 0 Å². The molecule has 6 nitrogen and oxygen atoms in total. The molecule has 0 atom stereocenters. The Bertz CT molecular complexity index is 726. The molecule has 8 heteroatoms. The second kappa shape index (κ2) is 4.57. The highest BCUT2D eigenvalue weighted by molar-refractivity contribution is 7.81. The average molecular weight is 270 g/mol. The Morgan fingerprint density at radius 3 is 2.72 bits per heavy atom. The zero-order valence-electron chi connectivity index (χ0n) is 8.83. The Balaban J connectivity index is 2.42. The van der Waals surface area contributed by atoms with Crippen molar-refractivity contribution in [1.29, 1.82) is 0 Å². The van der Waals surface area contributed by atoms with Gasteiger partial charge in [-0.2, -0.15) is 8.42 Å². The summed E-state index contributed by atoms with van der Waals surface area (Å²) in [6.45, 7) is 0. The van der Waals surface area contributed by atoms with E-state index in [0.29, 0.717) is 5.56 Å². The fraction of sp³-hybridized carbons (Fsp3) is 0. The Morgan fingerprint density at radius 1 is 1.28 bits per heavy atom. The number of benzene rings is 1. The highest BCUT2D eigenvalue weighted by Gasteiger charge is 2.10. The molecule has 0 radical (unpaired) electrons. The summed E-state index contributed by atoms with van der Waals surface area (Å²) in [5.41, 5.74) is 0.0401. The second-order valence-electron chi connectivity index (χ2n) is 3.29. The van der Waals surface area contributed by atoms with Crippen LogP contribution < -0.4 is 9.74 Å². The van der Waals surface area contributed by atoms with Gasteiger partial charge in [-0.3, -0.25) is 4.79 Å². The van der Waals surface area contributed by atoms with Crippen LogP contribution in [0.2, 0.25) is 0 Å². The minimum absolute atomic E-state index is 0.207. The molecule has 0 bridgehead atoms. The summed E-state index contributed by atoms with van der Waals surface area (Å²) in [6, 6.07) is 6.76. The molecule has 0 saturated heterocycles. The number of aromatic amines is 1. The van der Waals surface area contributed by atoms with Crippen molar-refractivity contribution in [2.45, 2.75) is 0 Å². The first-order valence-electron chi connectivity index (χ1n) is 4.74. The van der Waals surface area contributed by atoms with Crippen LogP contribution in [0.25, 0.3) is 11.4 Å². The lowest BCUT2D eigenvalue weighted by atomic mass is 10.2. The van der Waals surface area contributed by atoms with E-state index in [2.05, 4.69) is 14.2 Å². The molecular formula is C10H7FN2O4S. The number of halogens is 1. The Hall–Kier alpha value is -2.22. The fourth-order valence-corrected chi connectivity index (χ4v) is 1.66. The van der Waals surface area contributed by atoms with Crippen LogP contribution in [0.15, 0.2) is 41.3 Å². The minimum Gasteiger partial charge on any atom is -0.358 e. The zero-order valence-corrected chi connectivity index (χ0v) is 9.65. The summed E-state index contributed by atoms with van der Waals surface area (Å²) in [6.07, 6.45) is 1.30. The van der Waals surface area contributed by atoms with Gasteiger partial charge in [0.25, 0.3) is 5.56 Å². The lowest BCUT2D eigenvalue weighted by Gasteiger charge is -2.03. The molecule has 0 unspecified atom stereocenters. The SMILES string of the molecule is O=c1ccnc(-c2cccc(OS(=O)(=O)F)c2)[nH]1. The van der Waals surface area contributed by atoms with Gasteiger partial charge >= 0.3 is 10.5 Å². The van der Waals surface area contributed by atoms with Crippen molar-refractivity contribution in [1.82, 2.24) is 9.97 Å². The molecule has 0 spiro atoms. The van der Waals surface area contributed by atoms with Gasteiger partial charge in [0, 0.05) is 17.8 Å². The highest BCUT2D eigenvalue weighted by atomic mass is 32.3. The molecule has 1 N–H and O–H groups in total. The quantitative estimate of drug-likeness (QED) is 0.841. The van der Waals surface area contributed by atoms with Gasteiger partial charge in [-0.05, 0) is 12.1 Å². The predicted molar refractivity (Wildman–Crippen MR) is 60.9 cm³/mol. The number of nitrogens with one attached hydrogen (secondary N) is 1. The van der Waals surface area contributed by atoms with Crippen LogP contribution in [0.4, 0.5) is 3.89 Å². The lowest BCUT2D eigenvalue weighted by molar-refractivity contribution is 0.440. The van der Waals surface area contributed by atoms with E-state index in [4.69, 9.17) is 0 Å². The molecule has 94 valence electrons. The molecule has 2 rings (SSSR count). The molecule has 1 aromatic heterocycles. The van der Waals surface area contributed by atoms with Crippen LogP contribution in [-0.4, -0.2) is 18.4 Å². The molecule has 1 aromatic carbocycles. The maximum atomic E-state index is 12.3. The van der Waals surface area contributed by atoms with E-state index in [-0.39, 0.29) is 17.1 Å². The summed E-state index contributed by atoms with van der Waals surface area (Å²) >= 11 is 0. The van der Waals surface area contributed by atoms with Crippen molar-refractivity contribution < 1.29 is 16.5 Å². The largest absolute Gasteiger partial charge is 0.488 e. The molecule has 0 aliphatic heterocycles. The molecule has 2 aromatic rings. The van der Waals surface area contributed by atoms with E-state index in [0.717, 1.165) is 0 Å². The summed E-state index contributed by atoms with van der Waals surface area (Å²) in [5, 5.41) is 0. The van der Waals surface area contributed by atoms with E-state index in [9.17, 15) is 17.1 Å². The number of nitrogens with zero attached hydrogens (tertiary/aromatic N) is 1. The van der Waals surface area contributed by atoms with Crippen molar-refractivity contribution in [3.8, 4) is 17.1 Å². The van der Waals surface area contributed by atoms with Crippen LogP contribution in [0, 0.1) is 0 Å². The molecule has 0 amide bonds. The minimum atomic E-state index is -5.08. The topological polar surface area (TPSA) is 89.1 Å². The third kappa shape index (κ3) is 3.14. The molecule has 0 aliphatic carbocycles. The number of H-pyrrole nitrogens is 1. The molecule has 0 saturated carbocycles. The number of aromatic nitrogens is 2. The van der Waals surface area contributed by atoms with Gasteiger partial charge in [-0.15, -0.1) is 0 Å². The van der Waals surface area contributed by atoms with Crippen molar-refractivity contribution in [2.75, 3.05) is 0 Å². The molecule has 0 fully saturated rings. The number of hydrogen-bond donors (Lipinski definition) is 1. The molecule has 0 aliphatic rings. The third-order valence-corrected chi connectivity index (χ3v) is 2.37. The van der Waals surface area contributed by atoms with Crippen LogP contribution in [0.5, 0.6) is 5.75 Å². The lowest BCUT2D eigenvalue weighted by Crippen LogP contribution is -2.06. The van der Waals surface area contributed by atoms with E-state index < -0.39 is 10.5 Å². The smallest absolute Gasteiger partial charge is 0.358 e. The molecule has 18 heavy (non-hydrogen) atoms. The maximum Gasteiger partial charge on any atom is 0.488 e. The summed E-state index contributed by atoms with van der Waals surface area (Å²) in [5.74, 6) is 0.0192. The van der Waals surface area contributed by atoms with Gasteiger partial charge < -0.3 is 9.17 Å². The first kappa shape index (κ1) is 12.2. The van der Waals surface area contributed by atoms with Crippen molar-refractivity contribution >= 4 is 10.5 Å². The van der Waals surface area contributed by atoms with Gasteiger partial charge in [0.15, 0.2) is 0 Å². The van der Waals surface area contributed by atoms with E-state index in [1.165, 1.54) is 30.5 Å².